The minimum Gasteiger partial charge on any atom is -0.481 e. The molecule has 1 N–H and O–H groups in total. The molecule has 0 bridgehead atoms. The molecule has 1 fully saturated rings. The number of nitrogens with zero attached hydrogens (tertiary/aromatic N) is 3. The Bertz CT molecular complexity index is 1130. The average molecular weight is 417 g/mol. The molecule has 0 saturated carbocycles. The molecule has 7 heteroatoms. The molecule has 0 unspecified atom stereocenters. The number of methoxy groups -OCH3 is 1. The van der Waals surface area contributed by atoms with Crippen LogP contribution in [0, 0.1) is 11.8 Å². The van der Waals surface area contributed by atoms with Gasteiger partial charge < -0.3 is 19.5 Å². The average Bonchev–Trinajstić information content (AvgIpc) is 2.82. The molecule has 3 heterocycles. The molecular weight excluding hydrogens is 394 g/mol. The first-order valence-electron chi connectivity index (χ1n) is 10.1. The summed E-state index contributed by atoms with van der Waals surface area (Å²) in [6.45, 7) is 0.982. The summed E-state index contributed by atoms with van der Waals surface area (Å²) in [5, 5.41) is 10.9. The molecule has 158 valence electrons. The molecular formula is C24H23N3O4. The number of rotatable bonds is 3. The number of likely N-dealkylation sites (tertiary alicyclic amines) is 1. The second-order valence-electron chi connectivity index (χ2n) is 7.39. The van der Waals surface area contributed by atoms with Crippen LogP contribution in [-0.4, -0.2) is 51.9 Å². The number of amides is 1. The highest BCUT2D eigenvalue weighted by atomic mass is 16.6. The fraction of sp³-hybridized carbons (Fsp3) is 0.292. The van der Waals surface area contributed by atoms with Crippen molar-refractivity contribution in [1.29, 1.82) is 0 Å². The summed E-state index contributed by atoms with van der Waals surface area (Å²) in [6.07, 6.45) is 1.98. The Morgan fingerprint density at radius 2 is 1.94 bits per heavy atom. The quantitative estimate of drug-likeness (QED) is 0.659. The van der Waals surface area contributed by atoms with Gasteiger partial charge in [0.1, 0.15) is 17.7 Å². The van der Waals surface area contributed by atoms with E-state index in [0.717, 1.165) is 5.56 Å². The predicted octanol–water partition coefficient (Wildman–Crippen LogP) is 3.15. The number of aliphatic hydroxyl groups is 1. The van der Waals surface area contributed by atoms with Crippen LogP contribution in [0.25, 0.3) is 11.0 Å². The third-order valence-electron chi connectivity index (χ3n) is 5.25. The first kappa shape index (κ1) is 20.6. The molecule has 3 aromatic rings. The van der Waals surface area contributed by atoms with E-state index < -0.39 is 5.60 Å². The topological polar surface area (TPSA) is 84.8 Å². The highest BCUT2D eigenvalue weighted by Crippen LogP contribution is 2.23. The Balaban J connectivity index is 1.40. The Labute approximate surface area is 180 Å². The molecule has 31 heavy (non-hydrogen) atoms. The van der Waals surface area contributed by atoms with Gasteiger partial charge in [-0.1, -0.05) is 42.2 Å². The van der Waals surface area contributed by atoms with Gasteiger partial charge in [-0.3, -0.25) is 4.98 Å². The summed E-state index contributed by atoms with van der Waals surface area (Å²) in [5.41, 5.74) is 1.76. The largest absolute Gasteiger partial charge is 0.481 e. The number of fused-ring (bicyclic) bond motifs is 1. The fourth-order valence-electron chi connectivity index (χ4n) is 3.40. The van der Waals surface area contributed by atoms with E-state index in [2.05, 4.69) is 21.8 Å². The van der Waals surface area contributed by atoms with E-state index in [9.17, 15) is 9.90 Å². The van der Waals surface area contributed by atoms with Gasteiger partial charge in [0.25, 0.3) is 0 Å². The lowest BCUT2D eigenvalue weighted by atomic mass is 9.92. The molecule has 4 rings (SSSR count). The van der Waals surface area contributed by atoms with Gasteiger partial charge in [-0.25, -0.2) is 9.78 Å². The monoisotopic (exact) mass is 417 g/mol. The molecule has 0 aliphatic carbocycles. The standard InChI is InChI=1S/C24H23N3O4/c1-30-21-8-7-20-22(26-21)19(10-14-25-20)9-11-24(29)12-15-27(16-13-24)23(28)31-17-18-5-3-2-4-6-18/h2-8,10,14,29H,12-13,15-17H2,1H3. The van der Waals surface area contributed by atoms with Gasteiger partial charge in [0.05, 0.1) is 18.2 Å². The number of piperidine rings is 1. The zero-order valence-electron chi connectivity index (χ0n) is 17.2. The van der Waals surface area contributed by atoms with Crippen LogP contribution in [0.2, 0.25) is 0 Å². The van der Waals surface area contributed by atoms with Crippen molar-refractivity contribution in [2.45, 2.75) is 25.0 Å². The maximum Gasteiger partial charge on any atom is 0.410 e. The number of carbonyl (C=O) groups is 1. The van der Waals surface area contributed by atoms with Crippen LogP contribution in [0.1, 0.15) is 24.0 Å². The van der Waals surface area contributed by atoms with E-state index in [1.807, 2.05) is 36.4 Å². The normalized spacial score (nSPS) is 15.1. The Morgan fingerprint density at radius 1 is 1.16 bits per heavy atom. The molecule has 1 aliphatic rings. The first-order chi connectivity index (χ1) is 15.1. The van der Waals surface area contributed by atoms with Crippen LogP contribution >= 0.6 is 0 Å². The summed E-state index contributed by atoms with van der Waals surface area (Å²) >= 11 is 0. The second-order valence-corrected chi connectivity index (χ2v) is 7.39. The van der Waals surface area contributed by atoms with Crippen molar-refractivity contribution in [3.8, 4) is 17.7 Å². The molecule has 1 amide bonds. The van der Waals surface area contributed by atoms with Gasteiger partial charge in [-0.2, -0.15) is 0 Å². The SMILES string of the molecule is COc1ccc2nccc(C#CC3(O)CCN(C(=O)OCc4ccccc4)CC3)c2n1. The molecule has 1 aromatic carbocycles. The van der Waals surface area contributed by atoms with Crippen LogP contribution in [0.3, 0.4) is 0 Å². The van der Waals surface area contributed by atoms with Crippen molar-refractivity contribution < 1.29 is 19.4 Å². The Hall–Kier alpha value is -3.63. The number of aromatic nitrogens is 2. The van der Waals surface area contributed by atoms with Crippen LogP contribution in [0.5, 0.6) is 5.88 Å². The second kappa shape index (κ2) is 9.02. The maximum absolute atomic E-state index is 12.3. The van der Waals surface area contributed by atoms with Gasteiger partial charge in [0.2, 0.25) is 5.88 Å². The molecule has 7 nitrogen and oxygen atoms in total. The molecule has 2 aromatic heterocycles. The minimum absolute atomic E-state index is 0.228. The number of carbonyl (C=O) groups excluding carboxylic acids is 1. The van der Waals surface area contributed by atoms with Crippen molar-refractivity contribution in [1.82, 2.24) is 14.9 Å². The summed E-state index contributed by atoms with van der Waals surface area (Å²) in [5.74, 6) is 6.50. The van der Waals surface area contributed by atoms with Crippen LogP contribution < -0.4 is 4.74 Å². The van der Waals surface area contributed by atoms with Gasteiger partial charge in [-0.05, 0) is 17.7 Å². The van der Waals surface area contributed by atoms with E-state index in [1.165, 1.54) is 0 Å². The van der Waals surface area contributed by atoms with Crippen molar-refractivity contribution in [3.63, 3.8) is 0 Å². The molecule has 1 aliphatic heterocycles. The summed E-state index contributed by atoms with van der Waals surface area (Å²) in [7, 11) is 1.55. The van der Waals surface area contributed by atoms with Crippen molar-refractivity contribution in [2.24, 2.45) is 0 Å². The predicted molar refractivity (Wildman–Crippen MR) is 115 cm³/mol. The van der Waals surface area contributed by atoms with E-state index in [1.54, 1.807) is 30.3 Å². The van der Waals surface area contributed by atoms with Crippen LogP contribution in [-0.2, 0) is 11.3 Å². The van der Waals surface area contributed by atoms with Crippen LogP contribution in [0.15, 0.2) is 54.7 Å². The van der Waals surface area contributed by atoms with E-state index in [4.69, 9.17) is 9.47 Å². The van der Waals surface area contributed by atoms with Crippen molar-refractivity contribution in [2.75, 3.05) is 20.2 Å². The first-order valence-corrected chi connectivity index (χ1v) is 10.1. The third kappa shape index (κ3) is 4.93. The minimum atomic E-state index is -1.18. The number of ether oxygens (including phenoxy) is 2. The lowest BCUT2D eigenvalue weighted by Gasteiger charge is -2.34. The number of hydrogen-bond donors (Lipinski definition) is 1. The number of pyridine rings is 2. The molecule has 0 atom stereocenters. The zero-order chi connectivity index (χ0) is 21.7. The summed E-state index contributed by atoms with van der Waals surface area (Å²) in [6, 6.07) is 14.9. The van der Waals surface area contributed by atoms with Gasteiger partial charge in [-0.15, -0.1) is 0 Å². The molecule has 1 saturated heterocycles. The van der Waals surface area contributed by atoms with Gasteiger partial charge in [0, 0.05) is 38.2 Å². The zero-order valence-corrected chi connectivity index (χ0v) is 17.2. The van der Waals surface area contributed by atoms with E-state index >= 15 is 0 Å². The Morgan fingerprint density at radius 3 is 2.68 bits per heavy atom. The summed E-state index contributed by atoms with van der Waals surface area (Å²) < 4.78 is 10.6. The molecule has 0 spiro atoms. The smallest absolute Gasteiger partial charge is 0.410 e. The van der Waals surface area contributed by atoms with Crippen molar-refractivity contribution in [3.05, 3.63) is 65.9 Å². The highest BCUT2D eigenvalue weighted by molar-refractivity contribution is 5.81. The van der Waals surface area contributed by atoms with Crippen LogP contribution in [0.4, 0.5) is 4.79 Å². The van der Waals surface area contributed by atoms with E-state index in [0.29, 0.717) is 48.4 Å². The third-order valence-corrected chi connectivity index (χ3v) is 5.25. The van der Waals surface area contributed by atoms with Crippen molar-refractivity contribution >= 4 is 17.1 Å². The lowest BCUT2D eigenvalue weighted by Crippen LogP contribution is -2.46. The van der Waals surface area contributed by atoms with Gasteiger partial charge >= 0.3 is 6.09 Å². The highest BCUT2D eigenvalue weighted by Gasteiger charge is 2.33. The van der Waals surface area contributed by atoms with Gasteiger partial charge in [0.15, 0.2) is 0 Å². The fourth-order valence-corrected chi connectivity index (χ4v) is 3.40. The summed E-state index contributed by atoms with van der Waals surface area (Å²) in [4.78, 5) is 22.6. The number of hydrogen-bond acceptors (Lipinski definition) is 6. The number of benzene rings is 1. The lowest BCUT2D eigenvalue weighted by molar-refractivity contribution is 0.0203. The maximum atomic E-state index is 12.3. The van der Waals surface area contributed by atoms with E-state index in [-0.39, 0.29) is 12.7 Å². The Kier molecular flexibility index (Phi) is 6.01. The molecule has 0 radical (unpaired) electrons.